The van der Waals surface area contributed by atoms with Gasteiger partial charge < -0.3 is 0 Å². The molecule has 0 spiro atoms. The molecule has 3 nitrogen and oxygen atoms in total. The average molecular weight is 291 g/mol. The van der Waals surface area contributed by atoms with Crippen LogP contribution < -0.4 is 5.32 Å². The van der Waals surface area contributed by atoms with Crippen molar-refractivity contribution < 1.29 is 0 Å². The predicted octanol–water partition coefficient (Wildman–Crippen LogP) is 3.70. The van der Waals surface area contributed by atoms with Gasteiger partial charge in [0.15, 0.2) is 0 Å². The highest BCUT2D eigenvalue weighted by Gasteiger charge is 2.37. The van der Waals surface area contributed by atoms with E-state index in [0.29, 0.717) is 12.1 Å². The van der Waals surface area contributed by atoms with Crippen LogP contribution in [-0.2, 0) is 0 Å². The number of fused-ring (bicyclic) bond motifs is 1. The lowest BCUT2D eigenvalue weighted by atomic mass is 9.77. The number of hydrogen-bond donors (Lipinski definition) is 1. The Labute approximate surface area is 131 Å². The summed E-state index contributed by atoms with van der Waals surface area (Å²) in [6, 6.07) is 4.14. The van der Waals surface area contributed by atoms with Crippen molar-refractivity contribution in [3.05, 3.63) is 0 Å². The van der Waals surface area contributed by atoms with Crippen LogP contribution in [0.4, 0.5) is 0 Å². The van der Waals surface area contributed by atoms with Crippen molar-refractivity contribution in [1.29, 1.82) is 5.26 Å². The van der Waals surface area contributed by atoms with E-state index >= 15 is 0 Å². The van der Waals surface area contributed by atoms with Gasteiger partial charge in [-0.05, 0) is 72.3 Å². The quantitative estimate of drug-likeness (QED) is 0.839. The number of piperidine rings is 1. The molecule has 0 aromatic carbocycles. The highest BCUT2D eigenvalue weighted by atomic mass is 15.2. The van der Waals surface area contributed by atoms with Crippen LogP contribution in [0, 0.1) is 17.2 Å². The lowest BCUT2D eigenvalue weighted by Gasteiger charge is -2.48. The summed E-state index contributed by atoms with van der Waals surface area (Å²) in [6.45, 7) is 9.86. The van der Waals surface area contributed by atoms with Gasteiger partial charge in [0.05, 0.1) is 6.07 Å². The van der Waals surface area contributed by atoms with E-state index in [1.54, 1.807) is 0 Å². The van der Waals surface area contributed by atoms with E-state index in [-0.39, 0.29) is 0 Å². The van der Waals surface area contributed by atoms with Gasteiger partial charge in [-0.25, -0.2) is 0 Å². The highest BCUT2D eigenvalue weighted by molar-refractivity contribution is 5.06. The summed E-state index contributed by atoms with van der Waals surface area (Å²) < 4.78 is 0. The van der Waals surface area contributed by atoms with Crippen LogP contribution >= 0.6 is 0 Å². The molecule has 0 radical (unpaired) electrons. The van der Waals surface area contributed by atoms with E-state index in [0.717, 1.165) is 18.4 Å². The third kappa shape index (κ3) is 4.20. The van der Waals surface area contributed by atoms with Crippen molar-refractivity contribution in [2.45, 2.75) is 96.3 Å². The standard InChI is InChI=1S/C18H33N3/c1-14(2)20-18(4,13-19)12-15(3)21-11-7-9-16-8-5-6-10-17(16)21/h14-17,20H,5-12H2,1-4H3/t15?,16-,17-,18?/m1/s1. The van der Waals surface area contributed by atoms with Crippen LogP contribution in [0.2, 0.25) is 0 Å². The second-order valence-electron chi connectivity index (χ2n) is 7.79. The molecule has 0 aromatic heterocycles. The Morgan fingerprint density at radius 3 is 2.52 bits per heavy atom. The molecular formula is C18H33N3. The SMILES string of the molecule is CC(C)NC(C)(C#N)CC(C)N1CCC[C@H]2CCCC[C@H]21. The van der Waals surface area contributed by atoms with E-state index in [1.807, 2.05) is 0 Å². The Bertz CT molecular complexity index is 371. The van der Waals surface area contributed by atoms with Gasteiger partial charge in [-0.3, -0.25) is 10.2 Å². The van der Waals surface area contributed by atoms with Crippen LogP contribution in [-0.4, -0.2) is 35.1 Å². The fourth-order valence-electron chi connectivity index (χ4n) is 4.69. The van der Waals surface area contributed by atoms with Gasteiger partial charge in [-0.2, -0.15) is 5.26 Å². The molecule has 0 bridgehead atoms. The van der Waals surface area contributed by atoms with Gasteiger partial charge in [-0.1, -0.05) is 12.8 Å². The van der Waals surface area contributed by atoms with Crippen molar-refractivity contribution in [3.8, 4) is 6.07 Å². The fraction of sp³-hybridized carbons (Fsp3) is 0.944. The van der Waals surface area contributed by atoms with E-state index < -0.39 is 5.54 Å². The molecule has 1 aliphatic heterocycles. The van der Waals surface area contributed by atoms with Crippen molar-refractivity contribution in [3.63, 3.8) is 0 Å². The van der Waals surface area contributed by atoms with E-state index in [4.69, 9.17) is 0 Å². The number of hydrogen-bond acceptors (Lipinski definition) is 3. The Balaban J connectivity index is 2.01. The van der Waals surface area contributed by atoms with Gasteiger partial charge in [0.2, 0.25) is 0 Å². The molecule has 0 amide bonds. The van der Waals surface area contributed by atoms with Crippen LogP contribution in [0.1, 0.15) is 72.6 Å². The van der Waals surface area contributed by atoms with E-state index in [2.05, 4.69) is 44.0 Å². The third-order valence-electron chi connectivity index (χ3n) is 5.41. The zero-order valence-corrected chi connectivity index (χ0v) is 14.4. The Morgan fingerprint density at radius 1 is 1.19 bits per heavy atom. The highest BCUT2D eigenvalue weighted by Crippen LogP contribution is 2.37. The van der Waals surface area contributed by atoms with Crippen molar-refractivity contribution >= 4 is 0 Å². The van der Waals surface area contributed by atoms with Crippen LogP contribution in [0.15, 0.2) is 0 Å². The molecule has 1 heterocycles. The predicted molar refractivity (Wildman–Crippen MR) is 88.1 cm³/mol. The summed E-state index contributed by atoms with van der Waals surface area (Å²) in [5.74, 6) is 0.918. The smallest absolute Gasteiger partial charge is 0.105 e. The first-order valence-electron chi connectivity index (χ1n) is 8.90. The number of likely N-dealkylation sites (tertiary alicyclic amines) is 1. The Hall–Kier alpha value is -0.590. The minimum atomic E-state index is -0.408. The van der Waals surface area contributed by atoms with Crippen LogP contribution in [0.5, 0.6) is 0 Å². The van der Waals surface area contributed by atoms with E-state index in [9.17, 15) is 5.26 Å². The molecule has 1 N–H and O–H groups in total. The summed E-state index contributed by atoms with van der Waals surface area (Å²) in [5.41, 5.74) is -0.408. The average Bonchev–Trinajstić information content (AvgIpc) is 2.45. The molecule has 21 heavy (non-hydrogen) atoms. The zero-order chi connectivity index (χ0) is 15.5. The molecule has 3 heteroatoms. The van der Waals surface area contributed by atoms with E-state index in [1.165, 1.54) is 45.1 Å². The molecule has 2 aliphatic rings. The molecule has 1 aliphatic carbocycles. The van der Waals surface area contributed by atoms with Gasteiger partial charge in [0.1, 0.15) is 5.54 Å². The maximum Gasteiger partial charge on any atom is 0.105 e. The Kier molecular flexibility index (Phi) is 5.68. The topological polar surface area (TPSA) is 39.1 Å². The first-order valence-corrected chi connectivity index (χ1v) is 8.90. The third-order valence-corrected chi connectivity index (χ3v) is 5.41. The first-order chi connectivity index (χ1) is 9.95. The number of rotatable bonds is 5. The normalized spacial score (nSPS) is 31.2. The van der Waals surface area contributed by atoms with Crippen molar-refractivity contribution in [2.75, 3.05) is 6.54 Å². The lowest BCUT2D eigenvalue weighted by Crippen LogP contribution is -2.55. The fourth-order valence-corrected chi connectivity index (χ4v) is 4.69. The summed E-state index contributed by atoms with van der Waals surface area (Å²) >= 11 is 0. The second-order valence-corrected chi connectivity index (χ2v) is 7.79. The molecule has 2 fully saturated rings. The second kappa shape index (κ2) is 7.11. The summed E-state index contributed by atoms with van der Waals surface area (Å²) in [5, 5.41) is 13.0. The van der Waals surface area contributed by atoms with Gasteiger partial charge in [0, 0.05) is 18.1 Å². The summed E-state index contributed by atoms with van der Waals surface area (Å²) in [6.07, 6.45) is 9.30. The molecular weight excluding hydrogens is 258 g/mol. The maximum absolute atomic E-state index is 9.58. The number of nitriles is 1. The number of nitrogens with zero attached hydrogens (tertiary/aromatic N) is 2. The minimum absolute atomic E-state index is 0.352. The molecule has 120 valence electrons. The molecule has 0 aromatic rings. The molecule has 1 saturated heterocycles. The molecule has 2 unspecified atom stereocenters. The lowest BCUT2D eigenvalue weighted by molar-refractivity contribution is 0.0227. The molecule has 4 atom stereocenters. The van der Waals surface area contributed by atoms with Crippen molar-refractivity contribution in [1.82, 2.24) is 10.2 Å². The largest absolute Gasteiger partial charge is 0.297 e. The van der Waals surface area contributed by atoms with Gasteiger partial charge >= 0.3 is 0 Å². The number of nitrogens with one attached hydrogen (secondary N) is 1. The summed E-state index contributed by atoms with van der Waals surface area (Å²) in [4.78, 5) is 2.73. The van der Waals surface area contributed by atoms with Gasteiger partial charge in [0.25, 0.3) is 0 Å². The van der Waals surface area contributed by atoms with Crippen LogP contribution in [0.25, 0.3) is 0 Å². The monoisotopic (exact) mass is 291 g/mol. The van der Waals surface area contributed by atoms with Crippen molar-refractivity contribution in [2.24, 2.45) is 5.92 Å². The van der Waals surface area contributed by atoms with Gasteiger partial charge in [-0.15, -0.1) is 0 Å². The molecule has 1 saturated carbocycles. The minimum Gasteiger partial charge on any atom is -0.297 e. The zero-order valence-electron chi connectivity index (χ0n) is 14.4. The first kappa shape index (κ1) is 16.8. The Morgan fingerprint density at radius 2 is 1.86 bits per heavy atom. The molecule has 2 rings (SSSR count). The maximum atomic E-state index is 9.58. The van der Waals surface area contributed by atoms with Crippen LogP contribution in [0.3, 0.4) is 0 Å². The summed E-state index contributed by atoms with van der Waals surface area (Å²) in [7, 11) is 0.